The van der Waals surface area contributed by atoms with E-state index in [-0.39, 0.29) is 17.5 Å². The third-order valence-corrected chi connectivity index (χ3v) is 8.81. The lowest BCUT2D eigenvalue weighted by molar-refractivity contribution is -0.134. The first kappa shape index (κ1) is 20.0. The Labute approximate surface area is 175 Å². The number of rotatable bonds is 5. The van der Waals surface area contributed by atoms with Gasteiger partial charge in [-0.1, -0.05) is 12.1 Å². The molecule has 1 unspecified atom stereocenters. The highest BCUT2D eigenvalue weighted by atomic mass is 32.2. The van der Waals surface area contributed by atoms with Gasteiger partial charge in [-0.3, -0.25) is 4.79 Å². The first-order chi connectivity index (χ1) is 13.8. The van der Waals surface area contributed by atoms with E-state index in [0.29, 0.717) is 11.3 Å². The molecule has 0 N–H and O–H groups in total. The number of sulfone groups is 1. The molecular weight excluding hydrogens is 432 g/mol. The molecule has 0 bridgehead atoms. The average Bonchev–Trinajstić information content (AvgIpc) is 3.42. The van der Waals surface area contributed by atoms with Crippen molar-refractivity contribution in [2.45, 2.75) is 12.5 Å². The second kappa shape index (κ2) is 7.85. The van der Waals surface area contributed by atoms with Crippen molar-refractivity contribution in [3.05, 3.63) is 41.3 Å². The predicted octanol–water partition coefficient (Wildman–Crippen LogP) is 2.83. The molecule has 1 saturated heterocycles. The summed E-state index contributed by atoms with van der Waals surface area (Å²) in [7, 11) is -1.55. The third-order valence-electron chi connectivity index (χ3n) is 4.79. The number of nitrogens with zero attached hydrogens (tertiary/aromatic N) is 2. The van der Waals surface area contributed by atoms with E-state index in [4.69, 9.17) is 4.74 Å². The lowest BCUT2D eigenvalue weighted by atomic mass is 10.2. The molecular formula is C19H18N2O5S3. The van der Waals surface area contributed by atoms with Crippen molar-refractivity contribution in [1.82, 2.24) is 9.88 Å². The van der Waals surface area contributed by atoms with E-state index in [1.165, 1.54) is 23.3 Å². The fraction of sp³-hybridized carbons (Fsp3) is 0.316. The molecule has 152 valence electrons. The fourth-order valence-corrected chi connectivity index (χ4v) is 6.82. The van der Waals surface area contributed by atoms with E-state index in [1.54, 1.807) is 17.4 Å². The van der Waals surface area contributed by atoms with Crippen molar-refractivity contribution in [3.8, 4) is 9.88 Å². The van der Waals surface area contributed by atoms with E-state index in [9.17, 15) is 18.0 Å². The Kier molecular flexibility index (Phi) is 5.41. The molecule has 0 aliphatic carbocycles. The molecule has 1 aliphatic heterocycles. The summed E-state index contributed by atoms with van der Waals surface area (Å²) in [5, 5.41) is 0.827. The number of carbonyl (C=O) groups is 2. The summed E-state index contributed by atoms with van der Waals surface area (Å²) in [5.41, 5.74) is 0.910. The lowest BCUT2D eigenvalue weighted by Gasteiger charge is -2.23. The molecule has 1 fully saturated rings. The largest absolute Gasteiger partial charge is 0.451 e. The van der Waals surface area contributed by atoms with Gasteiger partial charge in [0.25, 0.3) is 5.91 Å². The van der Waals surface area contributed by atoms with E-state index in [1.807, 2.05) is 30.3 Å². The highest BCUT2D eigenvalue weighted by Crippen LogP contribution is 2.34. The Bertz CT molecular complexity index is 1150. The summed E-state index contributed by atoms with van der Waals surface area (Å²) in [4.78, 5) is 31.8. The van der Waals surface area contributed by atoms with Gasteiger partial charge < -0.3 is 9.64 Å². The van der Waals surface area contributed by atoms with Gasteiger partial charge in [-0.25, -0.2) is 18.2 Å². The highest BCUT2D eigenvalue weighted by Gasteiger charge is 2.33. The molecule has 0 radical (unpaired) electrons. The van der Waals surface area contributed by atoms with Crippen LogP contribution in [-0.4, -0.2) is 61.4 Å². The predicted molar refractivity (Wildman–Crippen MR) is 113 cm³/mol. The van der Waals surface area contributed by atoms with Crippen LogP contribution in [0.25, 0.3) is 20.1 Å². The SMILES string of the molecule is CN(C(=O)COC(=O)c1ccc(-c2nc3ccccc3s2)s1)C1CCS(=O)(=O)C1. The van der Waals surface area contributed by atoms with Gasteiger partial charge in [0.15, 0.2) is 16.4 Å². The zero-order valence-corrected chi connectivity index (χ0v) is 18.0. The average molecular weight is 451 g/mol. The monoisotopic (exact) mass is 450 g/mol. The van der Waals surface area contributed by atoms with Crippen molar-refractivity contribution in [2.24, 2.45) is 0 Å². The number of esters is 1. The second-order valence-electron chi connectivity index (χ2n) is 6.79. The minimum Gasteiger partial charge on any atom is -0.451 e. The summed E-state index contributed by atoms with van der Waals surface area (Å²) in [6.07, 6.45) is 0.412. The molecule has 2 aromatic heterocycles. The number of likely N-dealkylation sites (N-methyl/N-ethyl adjacent to an activating group) is 1. The first-order valence-electron chi connectivity index (χ1n) is 8.91. The van der Waals surface area contributed by atoms with E-state index >= 15 is 0 Å². The number of fused-ring (bicyclic) bond motifs is 1. The van der Waals surface area contributed by atoms with Gasteiger partial charge in [0.2, 0.25) is 0 Å². The van der Waals surface area contributed by atoms with Crippen molar-refractivity contribution in [1.29, 1.82) is 0 Å². The van der Waals surface area contributed by atoms with Gasteiger partial charge in [0.1, 0.15) is 9.88 Å². The highest BCUT2D eigenvalue weighted by molar-refractivity contribution is 7.91. The van der Waals surface area contributed by atoms with Crippen molar-refractivity contribution in [3.63, 3.8) is 0 Å². The Morgan fingerprint density at radius 2 is 2.00 bits per heavy atom. The van der Waals surface area contributed by atoms with E-state index in [0.717, 1.165) is 20.1 Å². The van der Waals surface area contributed by atoms with Crippen LogP contribution in [0, 0.1) is 0 Å². The Morgan fingerprint density at radius 3 is 2.72 bits per heavy atom. The van der Waals surface area contributed by atoms with Crippen molar-refractivity contribution >= 4 is 54.6 Å². The summed E-state index contributed by atoms with van der Waals surface area (Å²) in [6.45, 7) is -0.416. The lowest BCUT2D eigenvalue weighted by Crippen LogP contribution is -2.40. The maximum absolute atomic E-state index is 12.3. The van der Waals surface area contributed by atoms with Gasteiger partial charge in [-0.2, -0.15) is 0 Å². The van der Waals surface area contributed by atoms with Gasteiger partial charge in [-0.05, 0) is 30.7 Å². The van der Waals surface area contributed by atoms with Gasteiger partial charge in [0.05, 0.1) is 26.6 Å². The summed E-state index contributed by atoms with van der Waals surface area (Å²) in [5.74, 6) is -0.954. The molecule has 1 atom stereocenters. The number of aromatic nitrogens is 1. The topological polar surface area (TPSA) is 93.6 Å². The minimum absolute atomic E-state index is 0.0420. The molecule has 10 heteroatoms. The molecule has 7 nitrogen and oxygen atoms in total. The molecule has 3 heterocycles. The van der Waals surface area contributed by atoms with Gasteiger partial charge in [-0.15, -0.1) is 22.7 Å². The molecule has 4 rings (SSSR count). The van der Waals surface area contributed by atoms with Crippen LogP contribution in [0.2, 0.25) is 0 Å². The normalized spacial score (nSPS) is 18.0. The van der Waals surface area contributed by atoms with Crippen LogP contribution in [0.4, 0.5) is 0 Å². The molecule has 1 amide bonds. The number of ether oxygens (including phenoxy) is 1. The van der Waals surface area contributed by atoms with Crippen molar-refractivity contribution < 1.29 is 22.7 Å². The number of hydrogen-bond acceptors (Lipinski definition) is 8. The summed E-state index contributed by atoms with van der Waals surface area (Å²) >= 11 is 2.81. The molecule has 0 saturated carbocycles. The Morgan fingerprint density at radius 1 is 1.21 bits per heavy atom. The van der Waals surface area contributed by atoms with E-state index < -0.39 is 28.3 Å². The van der Waals surface area contributed by atoms with Crippen LogP contribution in [0.1, 0.15) is 16.1 Å². The van der Waals surface area contributed by atoms with Crippen molar-refractivity contribution in [2.75, 3.05) is 25.2 Å². The zero-order valence-electron chi connectivity index (χ0n) is 15.5. The summed E-state index contributed by atoms with van der Waals surface area (Å²) in [6, 6.07) is 10.9. The zero-order chi connectivity index (χ0) is 20.6. The number of hydrogen-bond donors (Lipinski definition) is 0. The summed E-state index contributed by atoms with van der Waals surface area (Å²) < 4.78 is 29.4. The number of para-hydroxylation sites is 1. The fourth-order valence-electron chi connectivity index (χ4n) is 3.12. The van der Waals surface area contributed by atoms with Crippen LogP contribution in [0.15, 0.2) is 36.4 Å². The number of thiophene rings is 1. The maximum Gasteiger partial charge on any atom is 0.348 e. The third kappa shape index (κ3) is 4.34. The molecule has 29 heavy (non-hydrogen) atoms. The quantitative estimate of drug-likeness (QED) is 0.555. The second-order valence-corrected chi connectivity index (χ2v) is 11.1. The van der Waals surface area contributed by atoms with Crippen LogP contribution < -0.4 is 0 Å². The minimum atomic E-state index is -3.09. The standard InChI is InChI=1S/C19H18N2O5S3/c1-21(12-8-9-29(24,25)11-12)17(22)10-26-19(23)16-7-6-15(27-16)18-20-13-4-2-3-5-14(13)28-18/h2-7,12H,8-11H2,1H3. The number of carbonyl (C=O) groups excluding carboxylic acids is 2. The number of amides is 1. The van der Waals surface area contributed by atoms with Crippen LogP contribution in [0.3, 0.4) is 0 Å². The Balaban J connectivity index is 1.37. The van der Waals surface area contributed by atoms with Crippen LogP contribution >= 0.6 is 22.7 Å². The molecule has 1 aliphatic rings. The smallest absolute Gasteiger partial charge is 0.348 e. The number of benzene rings is 1. The molecule has 0 spiro atoms. The maximum atomic E-state index is 12.3. The molecule has 1 aromatic carbocycles. The van der Waals surface area contributed by atoms with Crippen LogP contribution in [-0.2, 0) is 19.4 Å². The molecule has 3 aromatic rings. The van der Waals surface area contributed by atoms with Gasteiger partial charge >= 0.3 is 5.97 Å². The van der Waals surface area contributed by atoms with Gasteiger partial charge in [0, 0.05) is 13.1 Å². The Hall–Kier alpha value is -2.30. The number of thiazole rings is 1. The van der Waals surface area contributed by atoms with Crippen LogP contribution in [0.5, 0.6) is 0 Å². The first-order valence-corrected chi connectivity index (χ1v) is 12.4. The van der Waals surface area contributed by atoms with E-state index in [2.05, 4.69) is 4.98 Å².